The lowest BCUT2D eigenvalue weighted by atomic mass is 10.0. The van der Waals surface area contributed by atoms with E-state index in [1.807, 2.05) is 6.92 Å². The first-order valence-electron chi connectivity index (χ1n) is 6.16. The molecule has 2 atom stereocenters. The van der Waals surface area contributed by atoms with Crippen LogP contribution < -0.4 is 5.32 Å². The first-order valence-corrected chi connectivity index (χ1v) is 6.16. The van der Waals surface area contributed by atoms with Crippen LogP contribution in [0.3, 0.4) is 0 Å². The van der Waals surface area contributed by atoms with E-state index in [1.54, 1.807) is 0 Å². The lowest BCUT2D eigenvalue weighted by Crippen LogP contribution is -2.59. The predicted molar refractivity (Wildman–Crippen MR) is 64.7 cm³/mol. The smallest absolute Gasteiger partial charge is 0.303 e. The molecule has 1 saturated heterocycles. The molecule has 0 aromatic heterocycles. The van der Waals surface area contributed by atoms with Crippen LogP contribution in [0.15, 0.2) is 0 Å². The molecule has 1 fully saturated rings. The average Bonchev–Trinajstić information content (AvgIpc) is 2.14. The minimum Gasteiger partial charge on any atom is -0.481 e. The van der Waals surface area contributed by atoms with Crippen molar-refractivity contribution in [2.24, 2.45) is 5.92 Å². The van der Waals surface area contributed by atoms with Crippen molar-refractivity contribution < 1.29 is 14.7 Å². The van der Waals surface area contributed by atoms with Crippen molar-refractivity contribution in [3.8, 4) is 0 Å². The van der Waals surface area contributed by atoms with E-state index >= 15 is 0 Å². The van der Waals surface area contributed by atoms with Crippen LogP contribution in [-0.4, -0.2) is 47.1 Å². The lowest BCUT2D eigenvalue weighted by Gasteiger charge is -2.39. The van der Waals surface area contributed by atoms with Crippen molar-refractivity contribution in [3.63, 3.8) is 0 Å². The summed E-state index contributed by atoms with van der Waals surface area (Å²) in [5, 5.41) is 11.6. The molecule has 5 nitrogen and oxygen atoms in total. The van der Waals surface area contributed by atoms with Crippen molar-refractivity contribution in [3.05, 3.63) is 0 Å². The van der Waals surface area contributed by atoms with Gasteiger partial charge < -0.3 is 10.4 Å². The molecule has 1 amide bonds. The molecule has 0 saturated carbocycles. The number of nitrogens with zero attached hydrogens (tertiary/aromatic N) is 1. The SMILES string of the molecule is CC(C)CN1CC(C)NC(=O)C1CCC(=O)O. The van der Waals surface area contributed by atoms with Gasteiger partial charge in [-0.3, -0.25) is 14.5 Å². The van der Waals surface area contributed by atoms with Gasteiger partial charge in [0, 0.05) is 25.6 Å². The van der Waals surface area contributed by atoms with Gasteiger partial charge in [-0.15, -0.1) is 0 Å². The van der Waals surface area contributed by atoms with Crippen LogP contribution in [0.25, 0.3) is 0 Å². The van der Waals surface area contributed by atoms with Gasteiger partial charge in [0.25, 0.3) is 0 Å². The Morgan fingerprint density at radius 3 is 2.76 bits per heavy atom. The molecule has 0 radical (unpaired) electrons. The van der Waals surface area contributed by atoms with Crippen LogP contribution in [0.5, 0.6) is 0 Å². The second kappa shape index (κ2) is 6.00. The molecule has 17 heavy (non-hydrogen) atoms. The maximum Gasteiger partial charge on any atom is 0.303 e. The Morgan fingerprint density at radius 2 is 2.24 bits per heavy atom. The zero-order chi connectivity index (χ0) is 13.0. The van der Waals surface area contributed by atoms with Crippen LogP contribution >= 0.6 is 0 Å². The van der Waals surface area contributed by atoms with E-state index in [4.69, 9.17) is 5.11 Å². The standard InChI is InChI=1S/C12H22N2O3/c1-8(2)6-14-7-9(3)13-12(17)10(14)4-5-11(15)16/h8-10H,4-7H2,1-3H3,(H,13,17)(H,15,16). The molecule has 1 rings (SSSR count). The van der Waals surface area contributed by atoms with E-state index in [-0.39, 0.29) is 24.4 Å². The number of aliphatic carboxylic acids is 1. The number of nitrogens with one attached hydrogen (secondary N) is 1. The summed E-state index contributed by atoms with van der Waals surface area (Å²) >= 11 is 0. The van der Waals surface area contributed by atoms with Gasteiger partial charge >= 0.3 is 5.97 Å². The molecule has 98 valence electrons. The molecule has 0 aromatic carbocycles. The first-order chi connectivity index (χ1) is 7.90. The quantitative estimate of drug-likeness (QED) is 0.744. The Bertz CT molecular complexity index is 289. The highest BCUT2D eigenvalue weighted by atomic mass is 16.4. The molecular formula is C12H22N2O3. The van der Waals surface area contributed by atoms with Crippen LogP contribution in [0.4, 0.5) is 0 Å². The summed E-state index contributed by atoms with van der Waals surface area (Å²) in [6.45, 7) is 7.81. The molecule has 5 heteroatoms. The number of rotatable bonds is 5. The summed E-state index contributed by atoms with van der Waals surface area (Å²) in [6.07, 6.45) is 0.432. The van der Waals surface area contributed by atoms with Gasteiger partial charge in [-0.25, -0.2) is 0 Å². The predicted octanol–water partition coefficient (Wildman–Crippen LogP) is 0.696. The molecule has 2 N–H and O–H groups in total. The lowest BCUT2D eigenvalue weighted by molar-refractivity contribution is -0.138. The fourth-order valence-electron chi connectivity index (χ4n) is 2.27. The van der Waals surface area contributed by atoms with Crippen molar-refractivity contribution in [2.75, 3.05) is 13.1 Å². The third kappa shape index (κ3) is 4.34. The summed E-state index contributed by atoms with van der Waals surface area (Å²) in [4.78, 5) is 24.6. The van der Waals surface area contributed by atoms with Gasteiger partial charge in [-0.05, 0) is 19.3 Å². The monoisotopic (exact) mass is 242 g/mol. The van der Waals surface area contributed by atoms with Gasteiger partial charge in [-0.1, -0.05) is 13.8 Å². The van der Waals surface area contributed by atoms with Gasteiger partial charge in [0.2, 0.25) is 5.91 Å². The zero-order valence-electron chi connectivity index (χ0n) is 10.8. The van der Waals surface area contributed by atoms with E-state index in [0.717, 1.165) is 13.1 Å². The van der Waals surface area contributed by atoms with Crippen molar-refractivity contribution in [1.82, 2.24) is 10.2 Å². The summed E-state index contributed by atoms with van der Waals surface area (Å²) in [5.74, 6) is -0.410. The van der Waals surface area contributed by atoms with Crippen molar-refractivity contribution >= 4 is 11.9 Å². The normalized spacial score (nSPS) is 26.0. The molecule has 0 bridgehead atoms. The Balaban J connectivity index is 2.65. The highest BCUT2D eigenvalue weighted by Crippen LogP contribution is 2.15. The average molecular weight is 242 g/mol. The zero-order valence-corrected chi connectivity index (χ0v) is 10.8. The number of carbonyl (C=O) groups is 2. The molecule has 0 aromatic rings. The third-order valence-corrected chi connectivity index (χ3v) is 2.87. The summed E-state index contributed by atoms with van der Waals surface area (Å²) < 4.78 is 0. The van der Waals surface area contributed by atoms with E-state index < -0.39 is 5.97 Å². The van der Waals surface area contributed by atoms with Crippen molar-refractivity contribution in [2.45, 2.75) is 45.7 Å². The van der Waals surface area contributed by atoms with Crippen LogP contribution in [0, 0.1) is 5.92 Å². The highest BCUT2D eigenvalue weighted by molar-refractivity contribution is 5.83. The van der Waals surface area contributed by atoms with E-state index in [9.17, 15) is 9.59 Å². The third-order valence-electron chi connectivity index (χ3n) is 2.87. The van der Waals surface area contributed by atoms with Gasteiger partial charge in [0.15, 0.2) is 0 Å². The maximum atomic E-state index is 11.9. The number of piperazine rings is 1. The summed E-state index contributed by atoms with van der Waals surface area (Å²) in [5.41, 5.74) is 0. The Hall–Kier alpha value is -1.10. The fourth-order valence-corrected chi connectivity index (χ4v) is 2.27. The van der Waals surface area contributed by atoms with E-state index in [0.29, 0.717) is 12.3 Å². The van der Waals surface area contributed by atoms with Gasteiger partial charge in [0.1, 0.15) is 0 Å². The minimum absolute atomic E-state index is 0.0364. The first kappa shape index (κ1) is 14.0. The summed E-state index contributed by atoms with van der Waals surface area (Å²) in [6, 6.07) is -0.146. The van der Waals surface area contributed by atoms with Crippen molar-refractivity contribution in [1.29, 1.82) is 0 Å². The number of hydrogen-bond acceptors (Lipinski definition) is 3. The number of carbonyl (C=O) groups excluding carboxylic acids is 1. The number of carboxylic acids is 1. The molecule has 0 aliphatic carbocycles. The van der Waals surface area contributed by atoms with Crippen LogP contribution in [-0.2, 0) is 9.59 Å². The van der Waals surface area contributed by atoms with Gasteiger partial charge in [-0.2, -0.15) is 0 Å². The topological polar surface area (TPSA) is 69.6 Å². The maximum absolute atomic E-state index is 11.9. The Labute approximate surface area is 102 Å². The fraction of sp³-hybridized carbons (Fsp3) is 0.833. The van der Waals surface area contributed by atoms with Gasteiger partial charge in [0.05, 0.1) is 6.04 Å². The molecule has 1 aliphatic heterocycles. The molecule has 1 heterocycles. The summed E-state index contributed by atoms with van der Waals surface area (Å²) in [7, 11) is 0. The molecule has 1 aliphatic rings. The number of carboxylic acid groups (broad SMARTS) is 1. The van der Waals surface area contributed by atoms with E-state index in [1.165, 1.54) is 0 Å². The van der Waals surface area contributed by atoms with E-state index in [2.05, 4.69) is 24.1 Å². The molecule has 0 spiro atoms. The second-order valence-corrected chi connectivity index (χ2v) is 5.21. The second-order valence-electron chi connectivity index (χ2n) is 5.21. The number of hydrogen-bond donors (Lipinski definition) is 2. The largest absolute Gasteiger partial charge is 0.481 e. The molecule has 2 unspecified atom stereocenters. The minimum atomic E-state index is -0.846. The Morgan fingerprint density at radius 1 is 1.59 bits per heavy atom. The van der Waals surface area contributed by atoms with Crippen LogP contribution in [0.2, 0.25) is 0 Å². The Kier molecular flexibility index (Phi) is 4.93. The van der Waals surface area contributed by atoms with Crippen LogP contribution in [0.1, 0.15) is 33.6 Å². The molecular weight excluding hydrogens is 220 g/mol. The number of amides is 1. The highest BCUT2D eigenvalue weighted by Gasteiger charge is 2.32.